The number of hydrogen-bond donors (Lipinski definition) is 2. The molecule has 5 heteroatoms. The zero-order valence-electron chi connectivity index (χ0n) is 13.3. The number of carbonyl (C=O) groups excluding carboxylic acids is 1. The molecule has 0 saturated heterocycles. The average Bonchev–Trinajstić information content (AvgIpc) is 2.38. The van der Waals surface area contributed by atoms with Crippen LogP contribution < -0.4 is 11.1 Å². The van der Waals surface area contributed by atoms with E-state index in [4.69, 9.17) is 5.73 Å². The van der Waals surface area contributed by atoms with Crippen molar-refractivity contribution in [3.63, 3.8) is 0 Å². The Balaban J connectivity index is 2.77. The molecule has 0 radical (unpaired) electrons. The van der Waals surface area contributed by atoms with Crippen LogP contribution in [-0.4, -0.2) is 37.0 Å². The predicted octanol–water partition coefficient (Wildman–Crippen LogP) is 1.92. The minimum Gasteiger partial charge on any atom is -0.355 e. The van der Waals surface area contributed by atoms with E-state index >= 15 is 0 Å². The highest BCUT2D eigenvalue weighted by Crippen LogP contribution is 2.24. The molecule has 0 aliphatic rings. The van der Waals surface area contributed by atoms with Gasteiger partial charge in [0.2, 0.25) is 5.91 Å². The van der Waals surface area contributed by atoms with E-state index in [2.05, 4.69) is 5.32 Å². The normalized spacial score (nSPS) is 14.3. The quantitative estimate of drug-likeness (QED) is 0.808. The van der Waals surface area contributed by atoms with Gasteiger partial charge in [0.25, 0.3) is 0 Å². The van der Waals surface area contributed by atoms with Crippen molar-refractivity contribution >= 4 is 5.91 Å². The van der Waals surface area contributed by atoms with Crippen LogP contribution in [0.3, 0.4) is 0 Å². The lowest BCUT2D eigenvalue weighted by Crippen LogP contribution is -2.43. The van der Waals surface area contributed by atoms with E-state index in [0.717, 1.165) is 0 Å². The summed E-state index contributed by atoms with van der Waals surface area (Å²) >= 11 is 0. The molecule has 1 amide bonds. The molecule has 1 aromatic rings. The van der Waals surface area contributed by atoms with E-state index in [1.54, 1.807) is 30.1 Å². The number of rotatable bonds is 7. The van der Waals surface area contributed by atoms with Gasteiger partial charge in [-0.3, -0.25) is 9.69 Å². The fourth-order valence-corrected chi connectivity index (χ4v) is 2.34. The molecule has 0 aliphatic heterocycles. The summed E-state index contributed by atoms with van der Waals surface area (Å²) in [5, 5.41) is 2.86. The van der Waals surface area contributed by atoms with Crippen molar-refractivity contribution in [3.05, 3.63) is 35.6 Å². The molecule has 4 nitrogen and oxygen atoms in total. The first-order valence-electron chi connectivity index (χ1n) is 7.29. The number of likely N-dealkylation sites (N-methyl/N-ethyl adjacent to an activating group) is 1. The van der Waals surface area contributed by atoms with Gasteiger partial charge in [0.1, 0.15) is 5.82 Å². The van der Waals surface area contributed by atoms with Gasteiger partial charge < -0.3 is 11.1 Å². The lowest BCUT2D eigenvalue weighted by Gasteiger charge is -2.31. The lowest BCUT2D eigenvalue weighted by molar-refractivity contribution is -0.122. The minimum absolute atomic E-state index is 0.0758. The number of nitrogens with two attached hydrogens (primary N) is 1. The van der Waals surface area contributed by atoms with Crippen LogP contribution in [0.15, 0.2) is 24.3 Å². The first kappa shape index (κ1) is 17.6. The Labute approximate surface area is 126 Å². The molecular weight excluding hydrogens is 269 g/mol. The van der Waals surface area contributed by atoms with Gasteiger partial charge in [-0.1, -0.05) is 32.0 Å². The summed E-state index contributed by atoms with van der Waals surface area (Å²) in [6.07, 6.45) is 0. The molecule has 1 rings (SSSR count). The largest absolute Gasteiger partial charge is 0.355 e. The lowest BCUT2D eigenvalue weighted by atomic mass is 9.99. The zero-order valence-corrected chi connectivity index (χ0v) is 13.3. The Bertz CT molecular complexity index is 463. The topological polar surface area (TPSA) is 58.4 Å². The molecule has 0 spiro atoms. The Morgan fingerprint density at radius 1 is 1.33 bits per heavy atom. The number of carbonyl (C=O) groups is 1. The highest BCUT2D eigenvalue weighted by molar-refractivity contribution is 5.78. The number of nitrogens with one attached hydrogen (secondary N) is 1. The van der Waals surface area contributed by atoms with Crippen molar-refractivity contribution in [2.24, 2.45) is 11.7 Å². The van der Waals surface area contributed by atoms with Gasteiger partial charge >= 0.3 is 0 Å². The first-order chi connectivity index (χ1) is 9.82. The number of benzene rings is 1. The van der Waals surface area contributed by atoms with Crippen LogP contribution in [-0.2, 0) is 4.79 Å². The summed E-state index contributed by atoms with van der Waals surface area (Å²) in [4.78, 5) is 13.7. The van der Waals surface area contributed by atoms with Gasteiger partial charge in [0, 0.05) is 18.2 Å². The fraction of sp³-hybridized carbons (Fsp3) is 0.562. The third-order valence-corrected chi connectivity index (χ3v) is 3.30. The Morgan fingerprint density at radius 2 is 1.95 bits per heavy atom. The Morgan fingerprint density at radius 3 is 2.48 bits per heavy atom. The first-order valence-corrected chi connectivity index (χ1v) is 7.29. The van der Waals surface area contributed by atoms with Crippen LogP contribution in [0.4, 0.5) is 4.39 Å². The maximum Gasteiger partial charge on any atom is 0.234 e. The number of nitrogens with zero attached hydrogens (tertiary/aromatic N) is 1. The van der Waals surface area contributed by atoms with Crippen molar-refractivity contribution in [3.8, 4) is 0 Å². The monoisotopic (exact) mass is 295 g/mol. The second kappa shape index (κ2) is 8.10. The van der Waals surface area contributed by atoms with Crippen molar-refractivity contribution in [1.82, 2.24) is 10.2 Å². The highest BCUT2D eigenvalue weighted by Gasteiger charge is 2.25. The maximum absolute atomic E-state index is 14.0. The summed E-state index contributed by atoms with van der Waals surface area (Å²) in [6, 6.07) is 5.93. The van der Waals surface area contributed by atoms with Crippen LogP contribution in [0.5, 0.6) is 0 Å². The van der Waals surface area contributed by atoms with Gasteiger partial charge in [0.05, 0.1) is 12.6 Å². The second-order valence-electron chi connectivity index (χ2n) is 5.94. The Hall–Kier alpha value is -1.46. The average molecular weight is 295 g/mol. The SMILES string of the molecule is CC(C)CNC(=O)CN(C)C(c1ccccc1F)C(C)N. The van der Waals surface area contributed by atoms with Gasteiger partial charge in [-0.2, -0.15) is 0 Å². The van der Waals surface area contributed by atoms with Gasteiger partial charge in [0.15, 0.2) is 0 Å². The van der Waals surface area contributed by atoms with Gasteiger partial charge in [-0.05, 0) is 26.0 Å². The molecule has 0 bridgehead atoms. The molecule has 2 atom stereocenters. The van der Waals surface area contributed by atoms with Crippen molar-refractivity contribution in [2.45, 2.75) is 32.9 Å². The van der Waals surface area contributed by atoms with E-state index in [0.29, 0.717) is 18.0 Å². The Kier molecular flexibility index (Phi) is 6.78. The molecule has 0 heterocycles. The van der Waals surface area contributed by atoms with Crippen LogP contribution >= 0.6 is 0 Å². The minimum atomic E-state index is -0.337. The molecule has 3 N–H and O–H groups in total. The fourth-order valence-electron chi connectivity index (χ4n) is 2.34. The second-order valence-corrected chi connectivity index (χ2v) is 5.94. The molecule has 118 valence electrons. The third kappa shape index (κ3) is 5.44. The van der Waals surface area contributed by atoms with Crippen LogP contribution in [0.25, 0.3) is 0 Å². The zero-order chi connectivity index (χ0) is 16.0. The number of amides is 1. The van der Waals surface area contributed by atoms with Gasteiger partial charge in [-0.15, -0.1) is 0 Å². The molecular formula is C16H26FN3O. The van der Waals surface area contributed by atoms with Crippen LogP contribution in [0, 0.1) is 11.7 Å². The maximum atomic E-state index is 14.0. The summed E-state index contributed by atoms with van der Waals surface area (Å²) in [5.74, 6) is 0.0254. The van der Waals surface area contributed by atoms with E-state index in [1.165, 1.54) is 6.07 Å². The van der Waals surface area contributed by atoms with Crippen molar-refractivity contribution < 1.29 is 9.18 Å². The van der Waals surface area contributed by atoms with E-state index in [-0.39, 0.29) is 30.4 Å². The molecule has 0 fully saturated rings. The molecule has 1 aromatic carbocycles. The van der Waals surface area contributed by atoms with Gasteiger partial charge in [-0.25, -0.2) is 4.39 Å². The molecule has 21 heavy (non-hydrogen) atoms. The molecule has 0 aliphatic carbocycles. The molecule has 0 aromatic heterocycles. The van der Waals surface area contributed by atoms with Crippen LogP contribution in [0.1, 0.15) is 32.4 Å². The molecule has 0 saturated carbocycles. The predicted molar refractivity (Wildman–Crippen MR) is 83.3 cm³/mol. The third-order valence-electron chi connectivity index (χ3n) is 3.30. The summed E-state index contributed by atoms with van der Waals surface area (Å²) in [6.45, 7) is 6.71. The number of halogens is 1. The highest BCUT2D eigenvalue weighted by atomic mass is 19.1. The summed E-state index contributed by atoms with van der Waals surface area (Å²) < 4.78 is 14.0. The van der Waals surface area contributed by atoms with Crippen LogP contribution in [0.2, 0.25) is 0 Å². The molecule has 2 unspecified atom stereocenters. The standard InChI is InChI=1S/C16H26FN3O/c1-11(2)9-19-15(21)10-20(4)16(12(3)18)13-7-5-6-8-14(13)17/h5-8,11-12,16H,9-10,18H2,1-4H3,(H,19,21). The smallest absolute Gasteiger partial charge is 0.234 e. The van der Waals surface area contributed by atoms with E-state index in [1.807, 2.05) is 20.8 Å². The summed E-state index contributed by atoms with van der Waals surface area (Å²) in [5.41, 5.74) is 6.52. The number of hydrogen-bond acceptors (Lipinski definition) is 3. The summed E-state index contributed by atoms with van der Waals surface area (Å²) in [7, 11) is 1.79. The van der Waals surface area contributed by atoms with Crippen molar-refractivity contribution in [2.75, 3.05) is 20.1 Å². The van der Waals surface area contributed by atoms with E-state index < -0.39 is 0 Å². The van der Waals surface area contributed by atoms with Crippen molar-refractivity contribution in [1.29, 1.82) is 0 Å². The van der Waals surface area contributed by atoms with E-state index in [9.17, 15) is 9.18 Å².